The van der Waals surface area contributed by atoms with Gasteiger partial charge in [0.2, 0.25) is 0 Å². The zero-order chi connectivity index (χ0) is 34.2. The van der Waals surface area contributed by atoms with Crippen molar-refractivity contribution in [1.82, 2.24) is 14.5 Å². The molecule has 5 heterocycles. The van der Waals surface area contributed by atoms with Gasteiger partial charge in [0, 0.05) is 17.3 Å². The van der Waals surface area contributed by atoms with Crippen LogP contribution < -0.4 is 9.80 Å². The maximum atomic E-state index is 5.15. The molecule has 0 unspecified atom stereocenters. The fourth-order valence-corrected chi connectivity index (χ4v) is 8.88. The molecule has 3 aromatic heterocycles. The highest BCUT2D eigenvalue weighted by Gasteiger charge is 2.51. The number of rotatable bonds is 3. The first-order valence-corrected chi connectivity index (χ1v) is 17.7. The van der Waals surface area contributed by atoms with E-state index >= 15 is 0 Å². The number of aromatic nitrogens is 3. The minimum Gasteiger partial charge on any atom is -0.310 e. The van der Waals surface area contributed by atoms with Crippen molar-refractivity contribution in [2.45, 2.75) is 5.41 Å². The molecule has 11 rings (SSSR count). The topological polar surface area (TPSA) is 37.2 Å². The summed E-state index contributed by atoms with van der Waals surface area (Å²) < 4.78 is 2.21. The second kappa shape index (κ2) is 11.0. The monoisotopic (exact) mass is 665 g/mol. The first kappa shape index (κ1) is 28.8. The molecule has 5 heteroatoms. The van der Waals surface area contributed by atoms with Crippen LogP contribution in [-0.4, -0.2) is 14.5 Å². The van der Waals surface area contributed by atoms with Crippen LogP contribution in [-0.2, 0) is 5.41 Å². The van der Waals surface area contributed by atoms with Gasteiger partial charge in [0.1, 0.15) is 5.82 Å². The number of para-hydroxylation sites is 6. The summed E-state index contributed by atoms with van der Waals surface area (Å²) in [6.45, 7) is 0. The van der Waals surface area contributed by atoms with Gasteiger partial charge in [0.05, 0.1) is 56.6 Å². The molecule has 0 N–H and O–H groups in total. The first-order chi connectivity index (χ1) is 25.8. The standard InChI is InChI=1S/C47H31N5/c1-2-15-32(16-3-1)50-40-23-10-5-18-35(40)47(36-19-6-11-24-41(36)50)37-20-7-12-25-42(37)51(43-26-13-8-21-38(43)47)33-28-29-45(49-31-33)52-39-22-9-4-17-34(39)46-44(52)27-14-30-48-46/h1-31H. The van der Waals surface area contributed by atoms with E-state index in [0.717, 1.165) is 50.5 Å². The summed E-state index contributed by atoms with van der Waals surface area (Å²) in [7, 11) is 0. The second-order valence-electron chi connectivity index (χ2n) is 13.4. The van der Waals surface area contributed by atoms with E-state index in [1.807, 2.05) is 18.5 Å². The summed E-state index contributed by atoms with van der Waals surface area (Å²) in [6.07, 6.45) is 3.87. The lowest BCUT2D eigenvalue weighted by Crippen LogP contribution is -2.41. The Balaban J connectivity index is 1.14. The van der Waals surface area contributed by atoms with Gasteiger partial charge in [-0.25, -0.2) is 4.98 Å². The molecule has 6 aromatic carbocycles. The molecule has 244 valence electrons. The Hall–Kier alpha value is -6.98. The van der Waals surface area contributed by atoms with Crippen LogP contribution in [0, 0.1) is 0 Å². The molecule has 2 aliphatic rings. The van der Waals surface area contributed by atoms with E-state index in [1.54, 1.807) is 0 Å². The van der Waals surface area contributed by atoms with Gasteiger partial charge < -0.3 is 9.80 Å². The maximum absolute atomic E-state index is 5.15. The third-order valence-corrected chi connectivity index (χ3v) is 10.9. The fourth-order valence-electron chi connectivity index (χ4n) is 8.88. The average Bonchev–Trinajstić information content (AvgIpc) is 3.56. The molecule has 0 radical (unpaired) electrons. The van der Waals surface area contributed by atoms with Gasteiger partial charge in [-0.3, -0.25) is 9.55 Å². The highest BCUT2D eigenvalue weighted by atomic mass is 15.2. The molecule has 0 amide bonds. The van der Waals surface area contributed by atoms with Crippen LogP contribution in [0.4, 0.5) is 34.1 Å². The average molecular weight is 666 g/mol. The van der Waals surface area contributed by atoms with Crippen LogP contribution in [0.2, 0.25) is 0 Å². The smallest absolute Gasteiger partial charge is 0.137 e. The predicted octanol–water partition coefficient (Wildman–Crippen LogP) is 11.5. The quantitative estimate of drug-likeness (QED) is 0.188. The van der Waals surface area contributed by atoms with Crippen molar-refractivity contribution in [3.63, 3.8) is 0 Å². The third kappa shape index (κ3) is 3.82. The van der Waals surface area contributed by atoms with Crippen molar-refractivity contribution in [3.05, 3.63) is 211 Å². The van der Waals surface area contributed by atoms with Gasteiger partial charge in [0.25, 0.3) is 0 Å². The van der Waals surface area contributed by atoms with E-state index in [9.17, 15) is 0 Å². The molecule has 0 fully saturated rings. The van der Waals surface area contributed by atoms with E-state index in [2.05, 4.69) is 184 Å². The highest BCUT2D eigenvalue weighted by molar-refractivity contribution is 6.07. The van der Waals surface area contributed by atoms with Crippen molar-refractivity contribution < 1.29 is 0 Å². The predicted molar refractivity (Wildman–Crippen MR) is 211 cm³/mol. The second-order valence-corrected chi connectivity index (χ2v) is 13.4. The molecule has 2 aliphatic heterocycles. The van der Waals surface area contributed by atoms with E-state index in [4.69, 9.17) is 9.97 Å². The highest BCUT2D eigenvalue weighted by Crippen LogP contribution is 2.63. The van der Waals surface area contributed by atoms with Crippen LogP contribution >= 0.6 is 0 Å². The lowest BCUT2D eigenvalue weighted by Gasteiger charge is -2.51. The molecule has 0 bridgehead atoms. The van der Waals surface area contributed by atoms with Crippen LogP contribution in [0.15, 0.2) is 188 Å². The van der Waals surface area contributed by atoms with Gasteiger partial charge in [0.15, 0.2) is 0 Å². The van der Waals surface area contributed by atoms with E-state index in [0.29, 0.717) is 0 Å². The zero-order valence-corrected chi connectivity index (χ0v) is 28.1. The number of hydrogen-bond donors (Lipinski definition) is 0. The van der Waals surface area contributed by atoms with Crippen molar-refractivity contribution in [2.24, 2.45) is 0 Å². The van der Waals surface area contributed by atoms with Gasteiger partial charge in [-0.05, 0) is 89.0 Å². The van der Waals surface area contributed by atoms with Crippen molar-refractivity contribution in [1.29, 1.82) is 0 Å². The molecule has 0 aliphatic carbocycles. The summed E-state index contributed by atoms with van der Waals surface area (Å²) in [5, 5.41) is 1.12. The minimum absolute atomic E-state index is 0.564. The Bertz CT molecular complexity index is 2670. The number of benzene rings is 6. The van der Waals surface area contributed by atoms with Crippen LogP contribution in [0.25, 0.3) is 27.8 Å². The molecule has 5 nitrogen and oxygen atoms in total. The Kier molecular flexibility index (Phi) is 6.10. The number of pyridine rings is 2. The minimum atomic E-state index is -0.564. The van der Waals surface area contributed by atoms with Crippen LogP contribution in [0.3, 0.4) is 0 Å². The Morgan fingerprint density at radius 3 is 1.46 bits per heavy atom. The van der Waals surface area contributed by atoms with Gasteiger partial charge in [-0.15, -0.1) is 0 Å². The van der Waals surface area contributed by atoms with Crippen molar-refractivity contribution in [3.8, 4) is 5.82 Å². The molecule has 52 heavy (non-hydrogen) atoms. The summed E-state index contributed by atoms with van der Waals surface area (Å²) in [5.41, 5.74) is 14.3. The molecule has 1 spiro atoms. The SMILES string of the molecule is c1ccc(N2c3ccccc3C3(c4ccccc42)c2ccccc2N(c2ccc(-n4c5ccccc5c5ncccc54)nc2)c2ccccc23)cc1. The third-order valence-electron chi connectivity index (χ3n) is 10.9. The number of anilines is 6. The Labute approximate surface area is 301 Å². The lowest BCUT2D eigenvalue weighted by atomic mass is 9.60. The lowest BCUT2D eigenvalue weighted by molar-refractivity contribution is 0.718. The molecular weight excluding hydrogens is 635 g/mol. The van der Waals surface area contributed by atoms with Crippen LogP contribution in [0.1, 0.15) is 22.3 Å². The summed E-state index contributed by atoms with van der Waals surface area (Å²) >= 11 is 0. The molecular formula is C47H31N5. The van der Waals surface area contributed by atoms with Gasteiger partial charge >= 0.3 is 0 Å². The Morgan fingerprint density at radius 2 is 0.885 bits per heavy atom. The maximum Gasteiger partial charge on any atom is 0.137 e. The number of hydrogen-bond acceptors (Lipinski definition) is 4. The van der Waals surface area contributed by atoms with E-state index < -0.39 is 5.41 Å². The molecule has 0 saturated heterocycles. The zero-order valence-electron chi connectivity index (χ0n) is 28.1. The largest absolute Gasteiger partial charge is 0.310 e. The summed E-state index contributed by atoms with van der Waals surface area (Å²) in [6, 6.07) is 63.2. The van der Waals surface area contributed by atoms with Crippen molar-refractivity contribution in [2.75, 3.05) is 9.80 Å². The molecule has 0 saturated carbocycles. The van der Waals surface area contributed by atoms with Gasteiger partial charge in [-0.1, -0.05) is 109 Å². The van der Waals surface area contributed by atoms with Crippen molar-refractivity contribution >= 4 is 56.1 Å². The van der Waals surface area contributed by atoms with E-state index in [-0.39, 0.29) is 0 Å². The number of fused-ring (bicyclic) bond motifs is 11. The summed E-state index contributed by atoms with van der Waals surface area (Å²) in [5.74, 6) is 0.856. The fraction of sp³-hybridized carbons (Fsp3) is 0.0213. The number of nitrogens with zero attached hydrogens (tertiary/aromatic N) is 5. The first-order valence-electron chi connectivity index (χ1n) is 17.7. The normalized spacial score (nSPS) is 13.8. The molecule has 0 atom stereocenters. The van der Waals surface area contributed by atoms with Gasteiger partial charge in [-0.2, -0.15) is 0 Å². The Morgan fingerprint density at radius 1 is 0.385 bits per heavy atom. The molecule has 9 aromatic rings. The summed E-state index contributed by atoms with van der Waals surface area (Å²) in [4.78, 5) is 14.7. The van der Waals surface area contributed by atoms with E-state index in [1.165, 1.54) is 33.6 Å². The van der Waals surface area contributed by atoms with Crippen LogP contribution in [0.5, 0.6) is 0 Å².